The minimum atomic E-state index is -1.72. The average molecular weight is 286 g/mol. The zero-order valence-corrected chi connectivity index (χ0v) is 10.5. The number of rotatable bonds is 2. The Kier molecular flexibility index (Phi) is 3.52. The molecule has 1 aliphatic heterocycles. The molecule has 19 heavy (non-hydrogen) atoms. The van der Waals surface area contributed by atoms with Crippen LogP contribution in [0.5, 0.6) is 0 Å². The van der Waals surface area contributed by atoms with Gasteiger partial charge in [-0.2, -0.15) is 4.98 Å². The molecule has 0 amide bonds. The van der Waals surface area contributed by atoms with Crippen molar-refractivity contribution in [2.45, 2.75) is 24.4 Å². The molecule has 3 atom stereocenters. The lowest BCUT2D eigenvalue weighted by molar-refractivity contribution is -0.0740. The van der Waals surface area contributed by atoms with E-state index in [1.54, 1.807) is 0 Å². The highest BCUT2D eigenvalue weighted by atomic mass is 35.5. The fourth-order valence-electron chi connectivity index (χ4n) is 1.95. The smallest absolute Gasteiger partial charge is 0.351 e. The van der Waals surface area contributed by atoms with Gasteiger partial charge in [0.2, 0.25) is 0 Å². The van der Waals surface area contributed by atoms with Crippen LogP contribution in [0.4, 0.5) is 5.82 Å². The zero-order chi connectivity index (χ0) is 14.2. The number of halogens is 1. The van der Waals surface area contributed by atoms with E-state index in [1.165, 1.54) is 6.20 Å². The van der Waals surface area contributed by atoms with Gasteiger partial charge in [-0.25, -0.2) is 4.79 Å². The predicted octanol–water partition coefficient (Wildman–Crippen LogP) is -0.877. The standard InChI is InChI=1S/C11H12ClN3O4/c1-2-11(18)3-6(5-16)19-9(11)15-4-7(12)8(13)14-10(15)17/h1,4,6,9,16,18H,3,5H2,(H2,13,14,17)/t6-,9+,11+/m0/s1. The van der Waals surface area contributed by atoms with Gasteiger partial charge < -0.3 is 20.7 Å². The minimum absolute atomic E-state index is 0.000891. The number of anilines is 1. The Morgan fingerprint density at radius 1 is 1.79 bits per heavy atom. The molecule has 0 saturated carbocycles. The van der Waals surface area contributed by atoms with E-state index in [0.29, 0.717) is 0 Å². The normalized spacial score (nSPS) is 30.2. The van der Waals surface area contributed by atoms with Gasteiger partial charge >= 0.3 is 5.69 Å². The second kappa shape index (κ2) is 4.83. The van der Waals surface area contributed by atoms with Crippen molar-refractivity contribution in [2.24, 2.45) is 0 Å². The molecule has 1 saturated heterocycles. The summed E-state index contributed by atoms with van der Waals surface area (Å²) >= 11 is 5.79. The van der Waals surface area contributed by atoms with Crippen LogP contribution in [0.1, 0.15) is 12.6 Å². The summed E-state index contributed by atoms with van der Waals surface area (Å²) in [6.07, 6.45) is 4.62. The molecule has 1 fully saturated rings. The molecule has 4 N–H and O–H groups in total. The van der Waals surface area contributed by atoms with Gasteiger partial charge in [-0.3, -0.25) is 4.57 Å². The maximum atomic E-state index is 11.8. The van der Waals surface area contributed by atoms with E-state index in [0.717, 1.165) is 4.57 Å². The van der Waals surface area contributed by atoms with Crippen LogP contribution in [-0.4, -0.2) is 38.1 Å². The van der Waals surface area contributed by atoms with Crippen molar-refractivity contribution in [3.05, 3.63) is 21.7 Å². The SMILES string of the molecule is C#C[C@@]1(O)C[C@@H](CO)O[C@H]1n1cc(Cl)c(N)nc1=O. The summed E-state index contributed by atoms with van der Waals surface area (Å²) in [5, 5.41) is 19.4. The van der Waals surface area contributed by atoms with E-state index in [-0.39, 0.29) is 23.9 Å². The van der Waals surface area contributed by atoms with Crippen LogP contribution >= 0.6 is 11.6 Å². The molecule has 0 spiro atoms. The Balaban J connectivity index is 2.49. The van der Waals surface area contributed by atoms with Gasteiger partial charge in [0, 0.05) is 12.6 Å². The van der Waals surface area contributed by atoms with Crippen molar-refractivity contribution in [1.82, 2.24) is 9.55 Å². The first-order valence-corrected chi connectivity index (χ1v) is 5.79. The summed E-state index contributed by atoms with van der Waals surface area (Å²) in [6.45, 7) is -0.328. The Labute approximate surface area is 113 Å². The van der Waals surface area contributed by atoms with Crippen LogP contribution in [0.25, 0.3) is 0 Å². The molecule has 0 aromatic carbocycles. The van der Waals surface area contributed by atoms with Crippen molar-refractivity contribution in [2.75, 3.05) is 12.3 Å². The maximum absolute atomic E-state index is 11.8. The van der Waals surface area contributed by atoms with Crippen LogP contribution in [-0.2, 0) is 4.74 Å². The highest BCUT2D eigenvalue weighted by Crippen LogP contribution is 2.37. The van der Waals surface area contributed by atoms with Crippen molar-refractivity contribution >= 4 is 17.4 Å². The molecular formula is C11H12ClN3O4. The van der Waals surface area contributed by atoms with Gasteiger partial charge in [0.25, 0.3) is 0 Å². The van der Waals surface area contributed by atoms with Crippen LogP contribution < -0.4 is 11.4 Å². The lowest BCUT2D eigenvalue weighted by atomic mass is 9.99. The van der Waals surface area contributed by atoms with E-state index in [2.05, 4.69) is 10.9 Å². The van der Waals surface area contributed by atoms with Crippen molar-refractivity contribution in [1.29, 1.82) is 0 Å². The third-order valence-corrected chi connectivity index (χ3v) is 3.20. The second-order valence-corrected chi connectivity index (χ2v) is 4.64. The maximum Gasteiger partial charge on any atom is 0.351 e. The van der Waals surface area contributed by atoms with Crippen LogP contribution in [0.15, 0.2) is 11.0 Å². The summed E-state index contributed by atoms with van der Waals surface area (Å²) in [4.78, 5) is 15.3. The number of aromatic nitrogens is 2. The van der Waals surface area contributed by atoms with Gasteiger partial charge in [-0.1, -0.05) is 17.5 Å². The van der Waals surface area contributed by atoms with Crippen LogP contribution in [0.2, 0.25) is 5.02 Å². The number of aliphatic hydroxyl groups excluding tert-OH is 1. The zero-order valence-electron chi connectivity index (χ0n) is 9.78. The molecule has 1 aliphatic rings. The number of terminal acetylenes is 1. The number of nitrogens with zero attached hydrogens (tertiary/aromatic N) is 2. The Hall–Kier alpha value is -1.59. The molecule has 2 rings (SSSR count). The quantitative estimate of drug-likeness (QED) is 0.609. The highest BCUT2D eigenvalue weighted by Gasteiger charge is 2.47. The number of ether oxygens (including phenoxy) is 1. The van der Waals surface area contributed by atoms with Crippen molar-refractivity contribution < 1.29 is 14.9 Å². The number of hydrogen-bond acceptors (Lipinski definition) is 6. The highest BCUT2D eigenvalue weighted by molar-refractivity contribution is 6.32. The number of hydrogen-bond donors (Lipinski definition) is 3. The molecule has 1 aromatic heterocycles. The molecule has 7 nitrogen and oxygen atoms in total. The van der Waals surface area contributed by atoms with E-state index >= 15 is 0 Å². The minimum Gasteiger partial charge on any atom is -0.394 e. The molecule has 2 heterocycles. The second-order valence-electron chi connectivity index (χ2n) is 4.23. The lowest BCUT2D eigenvalue weighted by Crippen LogP contribution is -2.39. The molecule has 0 radical (unpaired) electrons. The molecule has 8 heteroatoms. The summed E-state index contributed by atoms with van der Waals surface area (Å²) in [7, 11) is 0. The lowest BCUT2D eigenvalue weighted by Gasteiger charge is -2.24. The van der Waals surface area contributed by atoms with Gasteiger partial charge in [-0.15, -0.1) is 6.42 Å². The molecule has 1 aromatic rings. The Morgan fingerprint density at radius 3 is 3.05 bits per heavy atom. The largest absolute Gasteiger partial charge is 0.394 e. The van der Waals surface area contributed by atoms with Gasteiger partial charge in [0.15, 0.2) is 11.8 Å². The van der Waals surface area contributed by atoms with E-state index in [1.807, 2.05) is 0 Å². The van der Waals surface area contributed by atoms with E-state index in [4.69, 9.17) is 33.6 Å². The first-order chi connectivity index (χ1) is 8.91. The monoisotopic (exact) mass is 285 g/mol. The first-order valence-electron chi connectivity index (χ1n) is 5.42. The molecular weight excluding hydrogens is 274 g/mol. The Morgan fingerprint density at radius 2 is 2.47 bits per heavy atom. The third-order valence-electron chi connectivity index (χ3n) is 2.91. The molecule has 0 bridgehead atoms. The summed E-state index contributed by atoms with van der Waals surface area (Å²) in [5.41, 5.74) is 2.93. The van der Waals surface area contributed by atoms with Gasteiger partial charge in [-0.05, 0) is 0 Å². The summed E-state index contributed by atoms with van der Waals surface area (Å²) in [6, 6.07) is 0. The molecule has 0 unspecified atom stereocenters. The van der Waals surface area contributed by atoms with Crippen LogP contribution in [0, 0.1) is 12.3 Å². The fourth-order valence-corrected chi connectivity index (χ4v) is 2.10. The van der Waals surface area contributed by atoms with Gasteiger partial charge in [0.1, 0.15) is 5.82 Å². The third kappa shape index (κ3) is 2.31. The topological polar surface area (TPSA) is 111 Å². The number of nitrogens with two attached hydrogens (primary N) is 1. The number of nitrogen functional groups attached to an aromatic ring is 1. The van der Waals surface area contributed by atoms with Crippen molar-refractivity contribution in [3.63, 3.8) is 0 Å². The number of aliphatic hydroxyl groups is 2. The fraction of sp³-hybridized carbons (Fsp3) is 0.455. The van der Waals surface area contributed by atoms with Crippen molar-refractivity contribution in [3.8, 4) is 12.3 Å². The van der Waals surface area contributed by atoms with E-state index in [9.17, 15) is 9.90 Å². The van der Waals surface area contributed by atoms with Crippen LogP contribution in [0.3, 0.4) is 0 Å². The van der Waals surface area contributed by atoms with Gasteiger partial charge in [0.05, 0.1) is 17.7 Å². The van der Waals surface area contributed by atoms with E-state index < -0.39 is 23.6 Å². The summed E-state index contributed by atoms with van der Waals surface area (Å²) < 4.78 is 6.33. The molecule has 102 valence electrons. The average Bonchev–Trinajstić information content (AvgIpc) is 2.72. The summed E-state index contributed by atoms with van der Waals surface area (Å²) in [5.74, 6) is 2.05. The first kappa shape index (κ1) is 13.8. The molecule has 0 aliphatic carbocycles. The predicted molar refractivity (Wildman–Crippen MR) is 67.3 cm³/mol. The Bertz CT molecular complexity index is 597.